The zero-order valence-electron chi connectivity index (χ0n) is 14.5. The lowest BCUT2D eigenvalue weighted by molar-refractivity contribution is 0.746. The molecule has 0 aliphatic carbocycles. The Hall–Kier alpha value is -3.73. The Morgan fingerprint density at radius 3 is 2.81 bits per heavy atom. The minimum Gasteiger partial charge on any atom is -0.323 e. The van der Waals surface area contributed by atoms with Crippen molar-refractivity contribution in [2.24, 2.45) is 0 Å². The molecule has 0 unspecified atom stereocenters. The van der Waals surface area contributed by atoms with E-state index in [1.807, 2.05) is 24.4 Å². The number of rotatable bonds is 3. The number of hydrogen-bond donors (Lipinski definition) is 0. The van der Waals surface area contributed by atoms with Crippen molar-refractivity contribution < 1.29 is 0 Å². The molecule has 0 spiro atoms. The van der Waals surface area contributed by atoms with Gasteiger partial charge in [-0.2, -0.15) is 0 Å². The van der Waals surface area contributed by atoms with Gasteiger partial charge in [0.05, 0.1) is 18.4 Å². The third kappa shape index (κ3) is 2.79. The zero-order valence-corrected chi connectivity index (χ0v) is 14.5. The highest BCUT2D eigenvalue weighted by atomic mass is 16.1. The molecule has 0 amide bonds. The summed E-state index contributed by atoms with van der Waals surface area (Å²) in [6.07, 6.45) is 7.36. The third-order valence-electron chi connectivity index (χ3n) is 4.72. The Morgan fingerprint density at radius 2 is 1.85 bits per heavy atom. The van der Waals surface area contributed by atoms with Gasteiger partial charge in [-0.05, 0) is 53.1 Å². The number of aromatic nitrogens is 4. The molecule has 130 valence electrons. The summed E-state index contributed by atoms with van der Waals surface area (Å²) in [5.41, 5.74) is 5.34. The topological polar surface area (TPSA) is 52.2 Å². The number of fused-ring (bicyclic) bond motifs is 2. The molecule has 5 heteroatoms. The zero-order chi connectivity index (χ0) is 18.2. The summed E-state index contributed by atoms with van der Waals surface area (Å²) in [4.78, 5) is 21.2. The van der Waals surface area contributed by atoms with E-state index in [-0.39, 0.29) is 5.56 Å². The first kappa shape index (κ1) is 15.5. The van der Waals surface area contributed by atoms with Crippen molar-refractivity contribution in [2.45, 2.75) is 6.54 Å². The molecule has 1 aromatic carbocycles. The molecule has 0 saturated heterocycles. The van der Waals surface area contributed by atoms with Gasteiger partial charge < -0.3 is 4.40 Å². The fourth-order valence-corrected chi connectivity index (χ4v) is 3.35. The summed E-state index contributed by atoms with van der Waals surface area (Å²) in [5.74, 6) is 0. The average molecular weight is 352 g/mol. The molecule has 5 nitrogen and oxygen atoms in total. The maximum absolute atomic E-state index is 12.7. The fourth-order valence-electron chi connectivity index (χ4n) is 3.35. The van der Waals surface area contributed by atoms with E-state index in [1.165, 1.54) is 0 Å². The average Bonchev–Trinajstić information content (AvgIpc) is 3.18. The lowest BCUT2D eigenvalue weighted by Crippen LogP contribution is -2.21. The maximum atomic E-state index is 12.7. The Kier molecular flexibility index (Phi) is 3.57. The van der Waals surface area contributed by atoms with E-state index in [0.717, 1.165) is 22.2 Å². The Morgan fingerprint density at radius 1 is 0.889 bits per heavy atom. The second kappa shape index (κ2) is 6.21. The lowest BCUT2D eigenvalue weighted by Gasteiger charge is -2.09. The molecule has 5 rings (SSSR count). The predicted molar refractivity (Wildman–Crippen MR) is 106 cm³/mol. The van der Waals surface area contributed by atoms with Gasteiger partial charge in [-0.1, -0.05) is 24.3 Å². The predicted octanol–water partition coefficient (Wildman–Crippen LogP) is 3.76. The molecule has 4 aromatic heterocycles. The van der Waals surface area contributed by atoms with E-state index in [2.05, 4.69) is 50.9 Å². The number of pyridine rings is 2. The van der Waals surface area contributed by atoms with Crippen LogP contribution >= 0.6 is 0 Å². The van der Waals surface area contributed by atoms with Crippen molar-refractivity contribution >= 4 is 16.6 Å². The monoisotopic (exact) mass is 352 g/mol. The normalized spacial score (nSPS) is 11.3. The van der Waals surface area contributed by atoms with Gasteiger partial charge in [-0.15, -0.1) is 0 Å². The summed E-state index contributed by atoms with van der Waals surface area (Å²) in [6.45, 7) is 0.456. The maximum Gasteiger partial charge on any atom is 0.280 e. The highest BCUT2D eigenvalue weighted by molar-refractivity contribution is 5.72. The van der Waals surface area contributed by atoms with Crippen LogP contribution in [0.3, 0.4) is 0 Å². The number of nitrogens with zero attached hydrogens (tertiary/aromatic N) is 4. The van der Waals surface area contributed by atoms with Gasteiger partial charge in [0.15, 0.2) is 5.52 Å². The smallest absolute Gasteiger partial charge is 0.280 e. The first-order valence-electron chi connectivity index (χ1n) is 8.74. The number of hydrogen-bond acceptors (Lipinski definition) is 3. The highest BCUT2D eigenvalue weighted by Gasteiger charge is 2.07. The molecule has 0 aliphatic rings. The van der Waals surface area contributed by atoms with Gasteiger partial charge >= 0.3 is 0 Å². The lowest BCUT2D eigenvalue weighted by atomic mass is 10.0. The molecule has 4 heterocycles. The van der Waals surface area contributed by atoms with E-state index >= 15 is 0 Å². The van der Waals surface area contributed by atoms with Gasteiger partial charge in [0.2, 0.25) is 0 Å². The largest absolute Gasteiger partial charge is 0.323 e. The van der Waals surface area contributed by atoms with Crippen LogP contribution in [0.1, 0.15) is 5.56 Å². The van der Waals surface area contributed by atoms with Crippen LogP contribution in [-0.2, 0) is 6.54 Å². The fraction of sp³-hybridized carbons (Fsp3) is 0.0455. The Labute approximate surface area is 155 Å². The van der Waals surface area contributed by atoms with Crippen molar-refractivity contribution in [3.05, 3.63) is 101 Å². The minimum atomic E-state index is -0.125. The van der Waals surface area contributed by atoms with Gasteiger partial charge in [0, 0.05) is 24.1 Å². The molecule has 0 radical (unpaired) electrons. The van der Waals surface area contributed by atoms with Crippen molar-refractivity contribution in [3.8, 4) is 11.1 Å². The summed E-state index contributed by atoms with van der Waals surface area (Å²) < 4.78 is 3.70. The number of benzene rings is 1. The van der Waals surface area contributed by atoms with Gasteiger partial charge in [0.25, 0.3) is 5.56 Å². The summed E-state index contributed by atoms with van der Waals surface area (Å²) >= 11 is 0. The first-order valence-corrected chi connectivity index (χ1v) is 8.74. The van der Waals surface area contributed by atoms with Crippen LogP contribution in [0, 0.1) is 0 Å². The molecule has 0 bridgehead atoms. The second-order valence-electron chi connectivity index (χ2n) is 6.51. The van der Waals surface area contributed by atoms with Gasteiger partial charge in [0.1, 0.15) is 0 Å². The highest BCUT2D eigenvalue weighted by Crippen LogP contribution is 2.22. The molecule has 0 fully saturated rings. The van der Waals surface area contributed by atoms with E-state index in [4.69, 9.17) is 0 Å². The van der Waals surface area contributed by atoms with Crippen LogP contribution < -0.4 is 5.56 Å². The van der Waals surface area contributed by atoms with E-state index in [0.29, 0.717) is 17.6 Å². The minimum absolute atomic E-state index is 0.125. The van der Waals surface area contributed by atoms with Crippen LogP contribution in [0.2, 0.25) is 0 Å². The standard InChI is InChI=1S/C22H16N4O/c27-22-21-20(7-2-10-23-21)24-15-26(22)13-16-4-1-5-17(12-16)18-8-9-19-6-3-11-25(19)14-18/h1-12,14-15H,13H2. The van der Waals surface area contributed by atoms with Crippen LogP contribution in [0.15, 0.2) is 90.4 Å². The second-order valence-corrected chi connectivity index (χ2v) is 6.51. The van der Waals surface area contributed by atoms with E-state index in [1.54, 1.807) is 29.2 Å². The van der Waals surface area contributed by atoms with E-state index in [9.17, 15) is 4.79 Å². The molecular weight excluding hydrogens is 336 g/mol. The molecule has 0 aliphatic heterocycles. The molecule has 5 aromatic rings. The van der Waals surface area contributed by atoms with Crippen molar-refractivity contribution in [1.29, 1.82) is 0 Å². The van der Waals surface area contributed by atoms with Gasteiger partial charge in [-0.25, -0.2) is 9.97 Å². The first-order chi connectivity index (χ1) is 13.3. The summed E-state index contributed by atoms with van der Waals surface area (Å²) in [6, 6.07) is 20.1. The van der Waals surface area contributed by atoms with Crippen molar-refractivity contribution in [3.63, 3.8) is 0 Å². The molecule has 27 heavy (non-hydrogen) atoms. The van der Waals surface area contributed by atoms with Crippen LogP contribution in [-0.4, -0.2) is 18.9 Å². The third-order valence-corrected chi connectivity index (χ3v) is 4.72. The van der Waals surface area contributed by atoms with Crippen LogP contribution in [0.25, 0.3) is 27.7 Å². The quantitative estimate of drug-likeness (QED) is 0.497. The Bertz CT molecular complexity index is 1330. The SMILES string of the molecule is O=c1c2ncccc2ncn1Cc1cccc(-c2ccc3cccn3c2)c1. The summed E-state index contributed by atoms with van der Waals surface area (Å²) in [7, 11) is 0. The van der Waals surface area contributed by atoms with Crippen molar-refractivity contribution in [1.82, 2.24) is 18.9 Å². The van der Waals surface area contributed by atoms with E-state index < -0.39 is 0 Å². The summed E-state index contributed by atoms with van der Waals surface area (Å²) in [5, 5.41) is 0. The molecule has 0 saturated carbocycles. The van der Waals surface area contributed by atoms with Crippen LogP contribution in [0.4, 0.5) is 0 Å². The Balaban J connectivity index is 1.52. The van der Waals surface area contributed by atoms with Crippen molar-refractivity contribution in [2.75, 3.05) is 0 Å². The molecular formula is C22H16N4O. The molecule has 0 N–H and O–H groups in total. The molecule has 0 atom stereocenters. The van der Waals surface area contributed by atoms with Gasteiger partial charge in [-0.3, -0.25) is 9.36 Å². The van der Waals surface area contributed by atoms with Crippen LogP contribution in [0.5, 0.6) is 0 Å².